The number of nitrogens with one attached hydrogen (secondary N) is 1. The fraction of sp³-hybridized carbons (Fsp3) is 1.00. The number of rotatable bonds is 13. The van der Waals surface area contributed by atoms with Crippen LogP contribution in [0.4, 0.5) is 0 Å². The fourth-order valence-electron chi connectivity index (χ4n) is 1.77. The van der Waals surface area contributed by atoms with E-state index in [1.807, 2.05) is 0 Å². The molecule has 0 aromatic heterocycles. The van der Waals surface area contributed by atoms with E-state index >= 15 is 0 Å². The first-order valence-corrected chi connectivity index (χ1v) is 10.4. The van der Waals surface area contributed by atoms with E-state index in [0.29, 0.717) is 6.54 Å². The number of sulfonamides is 1. The molecule has 0 unspecified atom stereocenters. The SMILES string of the molecule is CCCCCCCCCCNS(=O)(=O)CCS(=O)(=O)[O-].[Na+]. The van der Waals surface area contributed by atoms with Gasteiger partial charge in [0, 0.05) is 6.54 Å². The van der Waals surface area contributed by atoms with Crippen LogP contribution in [0.2, 0.25) is 0 Å². The predicted octanol–water partition coefficient (Wildman–Crippen LogP) is -1.40. The molecule has 0 amide bonds. The standard InChI is InChI=1S/C12H27NO5S2.Na/c1-2-3-4-5-6-7-8-9-10-13-19(14,15)11-12-20(16,17)18;/h13H,2-12H2,1H3,(H,16,17,18);/q;+1/p-1. The average molecular weight is 351 g/mol. The van der Waals surface area contributed by atoms with Crippen LogP contribution in [-0.4, -0.2) is 39.4 Å². The van der Waals surface area contributed by atoms with Gasteiger partial charge in [0.15, 0.2) is 0 Å². The van der Waals surface area contributed by atoms with E-state index in [1.54, 1.807) is 0 Å². The molecule has 122 valence electrons. The first-order chi connectivity index (χ1) is 9.27. The Morgan fingerprint density at radius 1 is 0.810 bits per heavy atom. The summed E-state index contributed by atoms with van der Waals surface area (Å²) < 4.78 is 56.1. The molecule has 0 rings (SSSR count). The molecular formula is C12H26NNaO5S2. The average Bonchev–Trinajstić information content (AvgIpc) is 2.34. The molecule has 0 aromatic carbocycles. The van der Waals surface area contributed by atoms with Crippen LogP contribution in [0.1, 0.15) is 58.3 Å². The van der Waals surface area contributed by atoms with Gasteiger partial charge in [-0.2, -0.15) is 0 Å². The normalized spacial score (nSPS) is 12.1. The summed E-state index contributed by atoms with van der Waals surface area (Å²) >= 11 is 0. The van der Waals surface area contributed by atoms with Crippen molar-refractivity contribution in [2.24, 2.45) is 0 Å². The minimum absolute atomic E-state index is 0. The molecule has 0 spiro atoms. The molecule has 0 saturated carbocycles. The van der Waals surface area contributed by atoms with Crippen molar-refractivity contribution in [2.45, 2.75) is 58.3 Å². The van der Waals surface area contributed by atoms with Gasteiger partial charge in [-0.15, -0.1) is 0 Å². The summed E-state index contributed by atoms with van der Waals surface area (Å²) in [5.74, 6) is -1.53. The second-order valence-corrected chi connectivity index (χ2v) is 8.40. The van der Waals surface area contributed by atoms with Gasteiger partial charge in [-0.3, -0.25) is 0 Å². The molecule has 0 fully saturated rings. The first kappa shape index (κ1) is 24.1. The number of hydrogen-bond donors (Lipinski definition) is 1. The number of unbranched alkanes of at least 4 members (excludes halogenated alkanes) is 7. The summed E-state index contributed by atoms with van der Waals surface area (Å²) in [7, 11) is -8.13. The molecular weight excluding hydrogens is 325 g/mol. The molecule has 0 aliphatic rings. The summed E-state index contributed by atoms with van der Waals surface area (Å²) in [6.07, 6.45) is 8.91. The second-order valence-electron chi connectivity index (χ2n) is 4.95. The Bertz CT molecular complexity index is 437. The van der Waals surface area contributed by atoms with Gasteiger partial charge < -0.3 is 4.55 Å². The molecule has 1 N–H and O–H groups in total. The van der Waals surface area contributed by atoms with E-state index in [0.717, 1.165) is 19.3 Å². The maximum atomic E-state index is 11.4. The maximum absolute atomic E-state index is 11.4. The van der Waals surface area contributed by atoms with E-state index in [2.05, 4.69) is 11.6 Å². The first-order valence-electron chi connectivity index (χ1n) is 7.18. The Kier molecular flexibility index (Phi) is 15.2. The summed E-state index contributed by atoms with van der Waals surface area (Å²) in [4.78, 5) is 0. The van der Waals surface area contributed by atoms with Crippen LogP contribution in [-0.2, 0) is 20.1 Å². The molecule has 0 aliphatic heterocycles. The largest absolute Gasteiger partial charge is 1.00 e. The topological polar surface area (TPSA) is 103 Å². The van der Waals surface area contributed by atoms with Crippen LogP contribution in [0.15, 0.2) is 0 Å². The Morgan fingerprint density at radius 3 is 1.76 bits per heavy atom. The smallest absolute Gasteiger partial charge is 0.748 e. The molecule has 0 radical (unpaired) electrons. The van der Waals surface area contributed by atoms with Crippen LogP contribution in [0, 0.1) is 0 Å². The van der Waals surface area contributed by atoms with E-state index in [-0.39, 0.29) is 29.6 Å². The Morgan fingerprint density at radius 2 is 1.29 bits per heavy atom. The van der Waals surface area contributed by atoms with Gasteiger partial charge in [0.1, 0.15) is 0 Å². The van der Waals surface area contributed by atoms with Crippen molar-refractivity contribution in [3.05, 3.63) is 0 Å². The predicted molar refractivity (Wildman–Crippen MR) is 79.0 cm³/mol. The van der Waals surface area contributed by atoms with E-state index < -0.39 is 31.6 Å². The molecule has 9 heteroatoms. The third-order valence-corrected chi connectivity index (χ3v) is 5.30. The van der Waals surface area contributed by atoms with Crippen molar-refractivity contribution in [2.75, 3.05) is 18.1 Å². The van der Waals surface area contributed by atoms with Crippen molar-refractivity contribution in [3.8, 4) is 0 Å². The zero-order valence-electron chi connectivity index (χ0n) is 13.1. The third-order valence-electron chi connectivity index (χ3n) is 2.95. The monoisotopic (exact) mass is 351 g/mol. The zero-order chi connectivity index (χ0) is 15.5. The van der Waals surface area contributed by atoms with Gasteiger partial charge in [0.05, 0.1) is 21.6 Å². The molecule has 0 heterocycles. The van der Waals surface area contributed by atoms with Crippen molar-refractivity contribution in [1.29, 1.82) is 0 Å². The summed E-state index contributed by atoms with van der Waals surface area (Å²) in [6.45, 7) is 2.47. The molecule has 6 nitrogen and oxygen atoms in total. The zero-order valence-corrected chi connectivity index (χ0v) is 16.8. The minimum atomic E-state index is -4.48. The Balaban J connectivity index is 0. The Labute approximate surface area is 151 Å². The van der Waals surface area contributed by atoms with Crippen LogP contribution in [0.3, 0.4) is 0 Å². The van der Waals surface area contributed by atoms with Gasteiger partial charge in [0.2, 0.25) is 10.0 Å². The van der Waals surface area contributed by atoms with Crippen molar-refractivity contribution < 1.29 is 50.9 Å². The van der Waals surface area contributed by atoms with Crippen LogP contribution >= 0.6 is 0 Å². The van der Waals surface area contributed by atoms with Gasteiger partial charge in [-0.1, -0.05) is 51.9 Å². The van der Waals surface area contributed by atoms with Crippen molar-refractivity contribution in [1.82, 2.24) is 4.72 Å². The quantitative estimate of drug-likeness (QED) is 0.250. The summed E-state index contributed by atoms with van der Waals surface area (Å²) in [5.41, 5.74) is 0. The number of hydrogen-bond acceptors (Lipinski definition) is 5. The molecule has 0 aliphatic carbocycles. The Hall–Kier alpha value is 0.820. The van der Waals surface area contributed by atoms with Crippen molar-refractivity contribution in [3.63, 3.8) is 0 Å². The van der Waals surface area contributed by atoms with Crippen LogP contribution in [0.5, 0.6) is 0 Å². The molecule has 0 saturated heterocycles. The van der Waals surface area contributed by atoms with E-state index in [1.165, 1.54) is 32.1 Å². The minimum Gasteiger partial charge on any atom is -0.748 e. The van der Waals surface area contributed by atoms with Gasteiger partial charge in [-0.05, 0) is 6.42 Å². The van der Waals surface area contributed by atoms with Crippen molar-refractivity contribution >= 4 is 20.1 Å². The summed E-state index contributed by atoms with van der Waals surface area (Å²) in [5, 5.41) is 0. The fourth-order valence-corrected chi connectivity index (χ4v) is 4.06. The second kappa shape index (κ2) is 13.3. The van der Waals surface area contributed by atoms with Crippen LogP contribution < -0.4 is 34.3 Å². The molecule has 21 heavy (non-hydrogen) atoms. The third kappa shape index (κ3) is 18.8. The van der Waals surface area contributed by atoms with Gasteiger partial charge in [-0.25, -0.2) is 21.6 Å². The molecule has 0 bridgehead atoms. The molecule has 0 aromatic rings. The maximum Gasteiger partial charge on any atom is 1.00 e. The van der Waals surface area contributed by atoms with Gasteiger partial charge in [0.25, 0.3) is 0 Å². The van der Waals surface area contributed by atoms with E-state index in [4.69, 9.17) is 0 Å². The van der Waals surface area contributed by atoms with Gasteiger partial charge >= 0.3 is 29.6 Å². The molecule has 0 atom stereocenters. The summed E-state index contributed by atoms with van der Waals surface area (Å²) in [6, 6.07) is 0. The van der Waals surface area contributed by atoms with Crippen LogP contribution in [0.25, 0.3) is 0 Å². The van der Waals surface area contributed by atoms with E-state index in [9.17, 15) is 21.4 Å².